The van der Waals surface area contributed by atoms with E-state index in [0.717, 1.165) is 6.08 Å². The van der Waals surface area contributed by atoms with E-state index in [1.807, 2.05) is 0 Å². The summed E-state index contributed by atoms with van der Waals surface area (Å²) in [5.74, 6) is 0. The Labute approximate surface area is 46.0 Å². The third-order valence-electron chi connectivity index (χ3n) is 0.543. The number of halogens is 3. The van der Waals surface area contributed by atoms with Crippen molar-refractivity contribution < 1.29 is 13.2 Å². The number of hydrogen-bond acceptors (Lipinski definition) is 0. The second-order valence-corrected chi connectivity index (χ2v) is 1.35. The molecule has 0 aliphatic rings. The van der Waals surface area contributed by atoms with Crippen molar-refractivity contribution in [2.75, 3.05) is 0 Å². The summed E-state index contributed by atoms with van der Waals surface area (Å²) < 4.78 is 33.5. The van der Waals surface area contributed by atoms with Gasteiger partial charge < -0.3 is 0 Å². The molecule has 0 heterocycles. The lowest BCUT2D eigenvalue weighted by Gasteiger charge is -1.94. The van der Waals surface area contributed by atoms with Crippen molar-refractivity contribution in [3.05, 3.63) is 12.2 Å². The third kappa shape index (κ3) is 5.53. The Hall–Kier alpha value is -0.470. The van der Waals surface area contributed by atoms with E-state index in [2.05, 4.69) is 0 Å². The molecule has 48 valence electrons. The number of alkyl halides is 3. The van der Waals surface area contributed by atoms with Crippen molar-refractivity contribution in [3.63, 3.8) is 0 Å². The first-order valence-corrected chi connectivity index (χ1v) is 2.30. The maximum atomic E-state index is 11.2. The van der Waals surface area contributed by atoms with Crippen LogP contribution in [0.4, 0.5) is 13.2 Å². The SMILES string of the molecule is CC/C=C/C(F)(F)F. The van der Waals surface area contributed by atoms with Gasteiger partial charge >= 0.3 is 6.18 Å². The smallest absolute Gasteiger partial charge is 0.167 e. The first-order valence-electron chi connectivity index (χ1n) is 2.30. The minimum atomic E-state index is -4.13. The Morgan fingerprint density at radius 2 is 1.88 bits per heavy atom. The highest BCUT2D eigenvalue weighted by molar-refractivity contribution is 4.87. The molecule has 0 unspecified atom stereocenters. The van der Waals surface area contributed by atoms with Crippen molar-refractivity contribution in [1.29, 1.82) is 0 Å². The van der Waals surface area contributed by atoms with Crippen molar-refractivity contribution in [2.24, 2.45) is 0 Å². The second kappa shape index (κ2) is 2.74. The molecule has 0 aromatic rings. The minimum absolute atomic E-state index is 0.243. The van der Waals surface area contributed by atoms with Gasteiger partial charge in [-0.05, 0) is 6.42 Å². The maximum absolute atomic E-state index is 11.2. The molecule has 0 aromatic carbocycles. The van der Waals surface area contributed by atoms with Crippen LogP contribution in [0.3, 0.4) is 0 Å². The Bertz CT molecular complexity index is 80.2. The Balaban J connectivity index is 3.52. The molecule has 0 atom stereocenters. The molecule has 0 nitrogen and oxygen atoms in total. The molecule has 0 rings (SSSR count). The van der Waals surface area contributed by atoms with Crippen LogP contribution in [0.15, 0.2) is 12.2 Å². The lowest BCUT2D eigenvalue weighted by Crippen LogP contribution is -1.99. The van der Waals surface area contributed by atoms with Gasteiger partial charge in [-0.15, -0.1) is 0 Å². The average molecular weight is 124 g/mol. The van der Waals surface area contributed by atoms with Gasteiger partial charge in [0.25, 0.3) is 0 Å². The summed E-state index contributed by atoms with van der Waals surface area (Å²) in [6.45, 7) is 1.66. The fourth-order valence-electron chi connectivity index (χ4n) is 0.251. The Kier molecular flexibility index (Phi) is 2.58. The highest BCUT2D eigenvalue weighted by Gasteiger charge is 2.20. The largest absolute Gasteiger partial charge is 0.409 e. The van der Waals surface area contributed by atoms with E-state index < -0.39 is 6.18 Å². The highest BCUT2D eigenvalue weighted by Crippen LogP contribution is 2.15. The molecule has 0 bridgehead atoms. The lowest BCUT2D eigenvalue weighted by molar-refractivity contribution is -0.0800. The number of rotatable bonds is 1. The van der Waals surface area contributed by atoms with E-state index >= 15 is 0 Å². The van der Waals surface area contributed by atoms with Crippen molar-refractivity contribution in [1.82, 2.24) is 0 Å². The fraction of sp³-hybridized carbons (Fsp3) is 0.600. The topological polar surface area (TPSA) is 0 Å². The van der Waals surface area contributed by atoms with Crippen LogP contribution in [0.5, 0.6) is 0 Å². The summed E-state index contributed by atoms with van der Waals surface area (Å²) >= 11 is 0. The Morgan fingerprint density at radius 1 is 1.38 bits per heavy atom. The molecule has 0 aromatic heterocycles. The van der Waals surface area contributed by atoms with E-state index in [-0.39, 0.29) is 6.08 Å². The van der Waals surface area contributed by atoms with Crippen molar-refractivity contribution >= 4 is 0 Å². The van der Waals surface area contributed by atoms with Crippen LogP contribution >= 0.6 is 0 Å². The fourth-order valence-corrected chi connectivity index (χ4v) is 0.251. The molecule has 0 radical (unpaired) electrons. The van der Waals surface area contributed by atoms with Crippen LogP contribution in [0.25, 0.3) is 0 Å². The van der Waals surface area contributed by atoms with Crippen LogP contribution in [-0.2, 0) is 0 Å². The summed E-state index contributed by atoms with van der Waals surface area (Å²) in [7, 11) is 0. The predicted octanol–water partition coefficient (Wildman–Crippen LogP) is 2.51. The summed E-state index contributed by atoms with van der Waals surface area (Å²) in [6, 6.07) is 0. The summed E-state index contributed by atoms with van der Waals surface area (Å²) in [5, 5.41) is 0. The summed E-state index contributed by atoms with van der Waals surface area (Å²) in [6.07, 6.45) is -2.37. The normalized spacial score (nSPS) is 13.0. The van der Waals surface area contributed by atoms with Gasteiger partial charge in [0, 0.05) is 6.08 Å². The molecule has 0 saturated carbocycles. The van der Waals surface area contributed by atoms with Gasteiger partial charge in [-0.25, -0.2) is 0 Å². The van der Waals surface area contributed by atoms with Crippen LogP contribution in [0, 0.1) is 0 Å². The molecular formula is C5H7F3. The van der Waals surface area contributed by atoms with Gasteiger partial charge in [0.15, 0.2) is 0 Å². The second-order valence-electron chi connectivity index (χ2n) is 1.35. The van der Waals surface area contributed by atoms with E-state index in [1.165, 1.54) is 0 Å². The molecule has 0 aliphatic carbocycles. The zero-order valence-corrected chi connectivity index (χ0v) is 4.50. The first-order chi connectivity index (χ1) is 3.56. The first kappa shape index (κ1) is 7.53. The van der Waals surface area contributed by atoms with Crippen LogP contribution in [0.2, 0.25) is 0 Å². The molecular weight excluding hydrogens is 117 g/mol. The van der Waals surface area contributed by atoms with Gasteiger partial charge in [0.05, 0.1) is 0 Å². The standard InChI is InChI=1S/C5H7F3/c1-2-3-4-5(6,7)8/h3-4H,2H2,1H3/b4-3+. The van der Waals surface area contributed by atoms with Gasteiger partial charge in [-0.1, -0.05) is 13.0 Å². The van der Waals surface area contributed by atoms with Gasteiger partial charge in [-0.2, -0.15) is 13.2 Å². The lowest BCUT2D eigenvalue weighted by atomic mass is 10.4. The monoisotopic (exact) mass is 124 g/mol. The van der Waals surface area contributed by atoms with Crippen molar-refractivity contribution in [3.8, 4) is 0 Å². The highest BCUT2D eigenvalue weighted by atomic mass is 19.4. The molecule has 0 spiro atoms. The van der Waals surface area contributed by atoms with Gasteiger partial charge in [0.2, 0.25) is 0 Å². The van der Waals surface area contributed by atoms with Crippen LogP contribution in [0.1, 0.15) is 13.3 Å². The van der Waals surface area contributed by atoms with Crippen molar-refractivity contribution in [2.45, 2.75) is 19.5 Å². The molecule has 0 amide bonds. The molecule has 0 aliphatic heterocycles. The zero-order chi connectivity index (χ0) is 6.62. The molecule has 3 heteroatoms. The van der Waals surface area contributed by atoms with E-state index in [1.54, 1.807) is 6.92 Å². The molecule has 0 N–H and O–H groups in total. The number of hydrogen-bond donors (Lipinski definition) is 0. The quantitative estimate of drug-likeness (QED) is 0.471. The summed E-state index contributed by atoms with van der Waals surface area (Å²) in [4.78, 5) is 0. The van der Waals surface area contributed by atoms with Gasteiger partial charge in [0.1, 0.15) is 0 Å². The van der Waals surface area contributed by atoms with E-state index in [4.69, 9.17) is 0 Å². The number of allylic oxidation sites excluding steroid dienone is 2. The molecule has 0 saturated heterocycles. The minimum Gasteiger partial charge on any atom is -0.167 e. The van der Waals surface area contributed by atoms with Crippen LogP contribution < -0.4 is 0 Å². The van der Waals surface area contributed by atoms with Crippen LogP contribution in [-0.4, -0.2) is 6.18 Å². The van der Waals surface area contributed by atoms with Gasteiger partial charge in [-0.3, -0.25) is 0 Å². The average Bonchev–Trinajstić information content (AvgIpc) is 1.59. The zero-order valence-electron chi connectivity index (χ0n) is 4.50. The summed E-state index contributed by atoms with van der Waals surface area (Å²) in [5.41, 5.74) is 0. The van der Waals surface area contributed by atoms with E-state index in [0.29, 0.717) is 6.42 Å². The molecule has 0 fully saturated rings. The predicted molar refractivity (Wildman–Crippen MR) is 25.5 cm³/mol. The third-order valence-corrected chi connectivity index (χ3v) is 0.543. The maximum Gasteiger partial charge on any atom is 0.409 e. The molecule has 8 heavy (non-hydrogen) atoms. The van der Waals surface area contributed by atoms with E-state index in [9.17, 15) is 13.2 Å². The Morgan fingerprint density at radius 3 is 2.00 bits per heavy atom.